The first kappa shape index (κ1) is 13.2. The van der Waals surface area contributed by atoms with E-state index in [2.05, 4.69) is 33.1 Å². The first-order valence-electron chi connectivity index (χ1n) is 7.60. The maximum absolute atomic E-state index is 4.48. The highest BCUT2D eigenvalue weighted by Crippen LogP contribution is 2.30. The van der Waals surface area contributed by atoms with E-state index in [0.717, 1.165) is 12.5 Å². The number of hydrogen-bond donors (Lipinski definition) is 1. The molecule has 1 atom stereocenters. The highest BCUT2D eigenvalue weighted by molar-refractivity contribution is 5.28. The molecule has 1 aliphatic carbocycles. The summed E-state index contributed by atoms with van der Waals surface area (Å²) in [5.74, 6) is 0.997. The van der Waals surface area contributed by atoms with Gasteiger partial charge in [-0.25, -0.2) is 4.98 Å². The van der Waals surface area contributed by atoms with Crippen LogP contribution in [-0.2, 0) is 6.54 Å². The minimum atomic E-state index is 0.305. The van der Waals surface area contributed by atoms with Crippen LogP contribution in [0, 0.1) is 0 Å². The smallest absolute Gasteiger partial charge is 0.203 e. The highest BCUT2D eigenvalue weighted by Gasteiger charge is 2.18. The van der Waals surface area contributed by atoms with Gasteiger partial charge in [0.15, 0.2) is 0 Å². The van der Waals surface area contributed by atoms with E-state index < -0.39 is 0 Å². The molecule has 0 radical (unpaired) electrons. The first-order chi connectivity index (χ1) is 9.83. The number of nitrogens with zero attached hydrogens (tertiary/aromatic N) is 4. The molecule has 108 valence electrons. The van der Waals surface area contributed by atoms with Crippen molar-refractivity contribution in [2.24, 2.45) is 0 Å². The number of hydrogen-bond acceptors (Lipinski definition) is 3. The molecular weight excluding hydrogens is 250 g/mol. The average Bonchev–Trinajstić information content (AvgIpc) is 3.11. The monoisotopic (exact) mass is 273 g/mol. The maximum atomic E-state index is 4.48. The summed E-state index contributed by atoms with van der Waals surface area (Å²) in [5.41, 5.74) is 0. The minimum absolute atomic E-state index is 0.305. The Morgan fingerprint density at radius 1 is 1.25 bits per heavy atom. The van der Waals surface area contributed by atoms with E-state index in [1.807, 2.05) is 29.3 Å². The summed E-state index contributed by atoms with van der Waals surface area (Å²) in [5, 5.41) is 7.76. The molecule has 0 bridgehead atoms. The number of rotatable bonds is 5. The zero-order chi connectivity index (χ0) is 13.8. The summed E-state index contributed by atoms with van der Waals surface area (Å²) in [6.07, 6.45) is 14.4. The number of aromatic nitrogens is 4. The van der Waals surface area contributed by atoms with Gasteiger partial charge >= 0.3 is 0 Å². The molecule has 5 heteroatoms. The molecular formula is C15H23N5. The molecule has 2 aromatic rings. The van der Waals surface area contributed by atoms with Gasteiger partial charge in [-0.3, -0.25) is 4.68 Å². The van der Waals surface area contributed by atoms with E-state index in [1.54, 1.807) is 0 Å². The molecule has 2 aromatic heterocycles. The zero-order valence-corrected chi connectivity index (χ0v) is 12.1. The Bertz CT molecular complexity index is 510. The van der Waals surface area contributed by atoms with E-state index in [4.69, 9.17) is 0 Å². The van der Waals surface area contributed by atoms with Crippen molar-refractivity contribution in [3.8, 4) is 0 Å². The van der Waals surface area contributed by atoms with Crippen molar-refractivity contribution in [2.45, 2.75) is 57.7 Å². The van der Waals surface area contributed by atoms with Crippen LogP contribution in [0.5, 0.6) is 0 Å². The SMILES string of the molecule is CC(Cn1cccn1)Nc1nccn1C1CCCCC1. The van der Waals surface area contributed by atoms with E-state index in [1.165, 1.54) is 32.1 Å². The van der Waals surface area contributed by atoms with Crippen LogP contribution >= 0.6 is 0 Å². The fourth-order valence-electron chi connectivity index (χ4n) is 3.03. The molecule has 0 amide bonds. The van der Waals surface area contributed by atoms with Gasteiger partial charge in [0, 0.05) is 36.9 Å². The molecule has 1 unspecified atom stereocenters. The quantitative estimate of drug-likeness (QED) is 0.910. The zero-order valence-electron chi connectivity index (χ0n) is 12.1. The van der Waals surface area contributed by atoms with Crippen molar-refractivity contribution in [1.82, 2.24) is 19.3 Å². The first-order valence-corrected chi connectivity index (χ1v) is 7.60. The minimum Gasteiger partial charge on any atom is -0.351 e. The van der Waals surface area contributed by atoms with Gasteiger partial charge in [-0.2, -0.15) is 5.10 Å². The molecule has 5 nitrogen and oxygen atoms in total. The summed E-state index contributed by atoms with van der Waals surface area (Å²) in [7, 11) is 0. The molecule has 3 rings (SSSR count). The molecule has 0 aromatic carbocycles. The normalized spacial score (nSPS) is 18.1. The molecule has 0 aliphatic heterocycles. The predicted molar refractivity (Wildman–Crippen MR) is 79.7 cm³/mol. The molecule has 2 heterocycles. The van der Waals surface area contributed by atoms with Crippen molar-refractivity contribution in [1.29, 1.82) is 0 Å². The molecule has 1 aliphatic rings. The van der Waals surface area contributed by atoms with Gasteiger partial charge in [0.05, 0.1) is 6.54 Å². The number of imidazole rings is 1. The summed E-state index contributed by atoms with van der Waals surface area (Å²) >= 11 is 0. The Hall–Kier alpha value is -1.78. The topological polar surface area (TPSA) is 47.7 Å². The Morgan fingerprint density at radius 2 is 2.10 bits per heavy atom. The average molecular weight is 273 g/mol. The van der Waals surface area contributed by atoms with Gasteiger partial charge in [0.2, 0.25) is 5.95 Å². The van der Waals surface area contributed by atoms with Crippen LogP contribution < -0.4 is 5.32 Å². The van der Waals surface area contributed by atoms with Crippen LogP contribution in [0.15, 0.2) is 30.9 Å². The molecule has 0 spiro atoms. The predicted octanol–water partition coefficient (Wildman–Crippen LogP) is 3.09. The third-order valence-electron chi connectivity index (χ3n) is 4.03. The van der Waals surface area contributed by atoms with E-state index in [9.17, 15) is 0 Å². The van der Waals surface area contributed by atoms with Gasteiger partial charge in [-0.05, 0) is 25.8 Å². The summed E-state index contributed by atoms with van der Waals surface area (Å²) < 4.78 is 4.27. The van der Waals surface area contributed by atoms with Crippen molar-refractivity contribution in [3.63, 3.8) is 0 Å². The fourth-order valence-corrected chi connectivity index (χ4v) is 3.03. The Balaban J connectivity index is 1.63. The molecule has 1 saturated carbocycles. The van der Waals surface area contributed by atoms with Gasteiger partial charge < -0.3 is 9.88 Å². The molecule has 0 saturated heterocycles. The van der Waals surface area contributed by atoms with Crippen LogP contribution in [0.3, 0.4) is 0 Å². The van der Waals surface area contributed by atoms with Crippen molar-refractivity contribution >= 4 is 5.95 Å². The van der Waals surface area contributed by atoms with Crippen LogP contribution in [0.1, 0.15) is 45.1 Å². The van der Waals surface area contributed by atoms with Crippen molar-refractivity contribution in [3.05, 3.63) is 30.9 Å². The number of anilines is 1. The highest BCUT2D eigenvalue weighted by atomic mass is 15.3. The van der Waals surface area contributed by atoms with Gasteiger partial charge in [0.25, 0.3) is 0 Å². The molecule has 1 N–H and O–H groups in total. The van der Waals surface area contributed by atoms with E-state index in [-0.39, 0.29) is 0 Å². The Kier molecular flexibility index (Phi) is 4.04. The Morgan fingerprint density at radius 3 is 2.85 bits per heavy atom. The van der Waals surface area contributed by atoms with Crippen molar-refractivity contribution < 1.29 is 0 Å². The second-order valence-electron chi connectivity index (χ2n) is 5.72. The lowest BCUT2D eigenvalue weighted by Gasteiger charge is -2.25. The second-order valence-corrected chi connectivity index (χ2v) is 5.72. The van der Waals surface area contributed by atoms with E-state index >= 15 is 0 Å². The lowest BCUT2D eigenvalue weighted by molar-refractivity contribution is 0.355. The van der Waals surface area contributed by atoms with Crippen LogP contribution in [-0.4, -0.2) is 25.4 Å². The number of nitrogens with one attached hydrogen (secondary N) is 1. The third-order valence-corrected chi connectivity index (χ3v) is 4.03. The standard InChI is InChI=1S/C15H23N5/c1-13(12-19-10-5-8-17-19)18-15-16-9-11-20(15)14-6-3-2-4-7-14/h5,8-11,13-14H,2-4,6-7,12H2,1H3,(H,16,18). The van der Waals surface area contributed by atoms with Crippen LogP contribution in [0.4, 0.5) is 5.95 Å². The lowest BCUT2D eigenvalue weighted by Crippen LogP contribution is -2.25. The van der Waals surface area contributed by atoms with Crippen LogP contribution in [0.25, 0.3) is 0 Å². The van der Waals surface area contributed by atoms with Gasteiger partial charge in [-0.1, -0.05) is 19.3 Å². The summed E-state index contributed by atoms with van der Waals surface area (Å²) in [6.45, 7) is 3.02. The fraction of sp³-hybridized carbons (Fsp3) is 0.600. The van der Waals surface area contributed by atoms with Gasteiger partial charge in [-0.15, -0.1) is 0 Å². The van der Waals surface area contributed by atoms with Gasteiger partial charge in [0.1, 0.15) is 0 Å². The third kappa shape index (κ3) is 3.03. The van der Waals surface area contributed by atoms with Crippen LogP contribution in [0.2, 0.25) is 0 Å². The van der Waals surface area contributed by atoms with Crippen molar-refractivity contribution in [2.75, 3.05) is 5.32 Å². The maximum Gasteiger partial charge on any atom is 0.203 e. The Labute approximate surface area is 120 Å². The molecule has 1 fully saturated rings. The van der Waals surface area contributed by atoms with E-state index in [0.29, 0.717) is 12.1 Å². The summed E-state index contributed by atoms with van der Waals surface area (Å²) in [6, 6.07) is 2.88. The molecule has 20 heavy (non-hydrogen) atoms. The largest absolute Gasteiger partial charge is 0.351 e. The summed E-state index contributed by atoms with van der Waals surface area (Å²) in [4.78, 5) is 4.48. The second kappa shape index (κ2) is 6.11. The lowest BCUT2D eigenvalue weighted by atomic mass is 9.95.